The number of halogens is 1. The first kappa shape index (κ1) is 18.0. The smallest absolute Gasteiger partial charge is 0.241 e. The molecule has 0 radical (unpaired) electrons. The molecule has 1 aliphatic heterocycles. The zero-order valence-electron chi connectivity index (χ0n) is 13.7. The summed E-state index contributed by atoms with van der Waals surface area (Å²) in [4.78, 5) is 12.3. The molecule has 1 aliphatic rings. The fourth-order valence-electron chi connectivity index (χ4n) is 2.47. The monoisotopic (exact) mass is 340 g/mol. The largest absolute Gasteiger partial charge is 0.492 e. The van der Waals surface area contributed by atoms with Crippen LogP contribution in [0.25, 0.3) is 0 Å². The average molecular weight is 341 g/mol. The molecular formula is C17H25ClN2O3. The Morgan fingerprint density at radius 2 is 2.13 bits per heavy atom. The third-order valence-electron chi connectivity index (χ3n) is 3.85. The fraction of sp³-hybridized carbons (Fsp3) is 0.588. The molecule has 2 rings (SSSR count). The molecule has 128 valence electrons. The second kappa shape index (κ2) is 8.52. The first-order valence-electron chi connectivity index (χ1n) is 8.04. The molecule has 1 aromatic carbocycles. The summed E-state index contributed by atoms with van der Waals surface area (Å²) >= 11 is 6.20. The number of nitrogens with two attached hydrogens (primary N) is 1. The Morgan fingerprint density at radius 3 is 2.74 bits per heavy atom. The van der Waals surface area contributed by atoms with Crippen LogP contribution in [0.15, 0.2) is 18.2 Å². The van der Waals surface area contributed by atoms with Crippen molar-refractivity contribution in [2.24, 2.45) is 17.6 Å². The summed E-state index contributed by atoms with van der Waals surface area (Å²) in [7, 11) is 0. The molecule has 23 heavy (non-hydrogen) atoms. The van der Waals surface area contributed by atoms with Crippen molar-refractivity contribution in [1.82, 2.24) is 0 Å². The highest BCUT2D eigenvalue weighted by Gasteiger charge is 2.26. The van der Waals surface area contributed by atoms with Crippen LogP contribution in [0.4, 0.5) is 5.69 Å². The topological polar surface area (TPSA) is 73.6 Å². The van der Waals surface area contributed by atoms with Crippen LogP contribution in [-0.2, 0) is 9.53 Å². The molecule has 1 saturated heterocycles. The Morgan fingerprint density at radius 1 is 1.43 bits per heavy atom. The van der Waals surface area contributed by atoms with E-state index in [1.165, 1.54) is 0 Å². The van der Waals surface area contributed by atoms with E-state index in [0.29, 0.717) is 42.2 Å². The van der Waals surface area contributed by atoms with Gasteiger partial charge in [-0.05, 0) is 42.9 Å². The van der Waals surface area contributed by atoms with Crippen LogP contribution in [0.5, 0.6) is 5.75 Å². The molecule has 1 fully saturated rings. The summed E-state index contributed by atoms with van der Waals surface area (Å²) in [6.45, 7) is 6.07. The third-order valence-corrected chi connectivity index (χ3v) is 4.14. The highest BCUT2D eigenvalue weighted by Crippen LogP contribution is 2.28. The van der Waals surface area contributed by atoms with Gasteiger partial charge in [0, 0.05) is 18.9 Å². The maximum atomic E-state index is 12.3. The Bertz CT molecular complexity index is 531. The molecule has 1 atom stereocenters. The van der Waals surface area contributed by atoms with Gasteiger partial charge >= 0.3 is 0 Å². The minimum atomic E-state index is -0.533. The highest BCUT2D eigenvalue weighted by atomic mass is 35.5. The number of rotatable bonds is 6. The van der Waals surface area contributed by atoms with Gasteiger partial charge in [-0.2, -0.15) is 0 Å². The molecule has 1 heterocycles. The van der Waals surface area contributed by atoms with Gasteiger partial charge in [-0.3, -0.25) is 4.79 Å². The van der Waals surface area contributed by atoms with Crippen molar-refractivity contribution in [2.45, 2.75) is 32.7 Å². The predicted octanol–water partition coefficient (Wildman–Crippen LogP) is 3.07. The van der Waals surface area contributed by atoms with Gasteiger partial charge in [0.25, 0.3) is 0 Å². The van der Waals surface area contributed by atoms with Crippen LogP contribution in [0.1, 0.15) is 26.7 Å². The van der Waals surface area contributed by atoms with Gasteiger partial charge in [0.2, 0.25) is 5.91 Å². The van der Waals surface area contributed by atoms with Crippen molar-refractivity contribution >= 4 is 23.2 Å². The fourth-order valence-corrected chi connectivity index (χ4v) is 2.70. The van der Waals surface area contributed by atoms with Crippen molar-refractivity contribution in [3.8, 4) is 5.75 Å². The van der Waals surface area contributed by atoms with Crippen molar-refractivity contribution in [3.05, 3.63) is 23.2 Å². The summed E-state index contributed by atoms with van der Waals surface area (Å²) in [6.07, 6.45) is 1.63. The van der Waals surface area contributed by atoms with E-state index < -0.39 is 6.04 Å². The maximum Gasteiger partial charge on any atom is 0.241 e. The van der Waals surface area contributed by atoms with Crippen molar-refractivity contribution in [3.63, 3.8) is 0 Å². The van der Waals surface area contributed by atoms with Gasteiger partial charge in [-0.15, -0.1) is 0 Å². The zero-order chi connectivity index (χ0) is 16.8. The third kappa shape index (κ3) is 5.37. The Kier molecular flexibility index (Phi) is 6.69. The second-order valence-corrected chi connectivity index (χ2v) is 6.72. The van der Waals surface area contributed by atoms with Gasteiger partial charge in [-0.25, -0.2) is 0 Å². The van der Waals surface area contributed by atoms with Crippen LogP contribution in [0.2, 0.25) is 5.02 Å². The first-order chi connectivity index (χ1) is 11.0. The number of nitrogens with one attached hydrogen (secondary N) is 1. The number of benzene rings is 1. The van der Waals surface area contributed by atoms with E-state index in [2.05, 4.69) is 19.2 Å². The number of hydrogen-bond acceptors (Lipinski definition) is 4. The summed E-state index contributed by atoms with van der Waals surface area (Å²) < 4.78 is 10.9. The Balaban J connectivity index is 1.93. The van der Waals surface area contributed by atoms with E-state index in [-0.39, 0.29) is 11.8 Å². The summed E-state index contributed by atoms with van der Waals surface area (Å²) in [6, 6.07) is 4.69. The number of amides is 1. The van der Waals surface area contributed by atoms with E-state index >= 15 is 0 Å². The molecule has 0 spiro atoms. The molecular weight excluding hydrogens is 316 g/mol. The van der Waals surface area contributed by atoms with E-state index in [0.717, 1.165) is 12.8 Å². The SMILES string of the molecule is CC(C)COc1ccc(NC(=O)C(N)C2CCOCC2)cc1Cl. The average Bonchev–Trinajstić information content (AvgIpc) is 2.54. The quantitative estimate of drug-likeness (QED) is 0.834. The van der Waals surface area contributed by atoms with Gasteiger partial charge in [0.15, 0.2) is 0 Å². The minimum absolute atomic E-state index is 0.160. The Hall–Kier alpha value is -1.30. The van der Waals surface area contributed by atoms with Crippen LogP contribution in [0, 0.1) is 11.8 Å². The van der Waals surface area contributed by atoms with Crippen molar-refractivity contribution in [1.29, 1.82) is 0 Å². The summed E-state index contributed by atoms with van der Waals surface area (Å²) in [5, 5.41) is 3.30. The molecule has 1 amide bonds. The number of carbonyl (C=O) groups excluding carboxylic acids is 1. The molecule has 0 aliphatic carbocycles. The lowest BCUT2D eigenvalue weighted by Crippen LogP contribution is -2.44. The summed E-state index contributed by atoms with van der Waals surface area (Å²) in [5.74, 6) is 1.01. The maximum absolute atomic E-state index is 12.3. The normalized spacial score (nSPS) is 17.1. The molecule has 0 bridgehead atoms. The predicted molar refractivity (Wildman–Crippen MR) is 91.9 cm³/mol. The molecule has 3 N–H and O–H groups in total. The number of anilines is 1. The lowest BCUT2D eigenvalue weighted by Gasteiger charge is -2.26. The standard InChI is InChI=1S/C17H25ClN2O3/c1-11(2)10-23-15-4-3-13(9-14(15)18)20-17(21)16(19)12-5-7-22-8-6-12/h3-4,9,11-12,16H,5-8,10,19H2,1-2H3,(H,20,21). The molecule has 5 nitrogen and oxygen atoms in total. The van der Waals surface area contributed by atoms with Gasteiger partial charge < -0.3 is 20.5 Å². The van der Waals surface area contributed by atoms with E-state index in [1.807, 2.05) is 0 Å². The molecule has 1 aromatic rings. The van der Waals surface area contributed by atoms with Crippen LogP contribution in [-0.4, -0.2) is 31.8 Å². The van der Waals surface area contributed by atoms with E-state index in [1.54, 1.807) is 18.2 Å². The van der Waals surface area contributed by atoms with Crippen LogP contribution in [0.3, 0.4) is 0 Å². The lowest BCUT2D eigenvalue weighted by molar-refractivity contribution is -0.119. The summed E-state index contributed by atoms with van der Waals surface area (Å²) in [5.41, 5.74) is 6.69. The first-order valence-corrected chi connectivity index (χ1v) is 8.41. The minimum Gasteiger partial charge on any atom is -0.492 e. The van der Waals surface area contributed by atoms with Gasteiger partial charge in [-0.1, -0.05) is 25.4 Å². The lowest BCUT2D eigenvalue weighted by atomic mass is 9.92. The van der Waals surface area contributed by atoms with E-state index in [9.17, 15) is 4.79 Å². The molecule has 1 unspecified atom stereocenters. The number of carbonyl (C=O) groups is 1. The van der Waals surface area contributed by atoms with Crippen molar-refractivity contribution in [2.75, 3.05) is 25.1 Å². The number of ether oxygens (including phenoxy) is 2. The molecule has 0 saturated carbocycles. The molecule has 0 aromatic heterocycles. The van der Waals surface area contributed by atoms with Gasteiger partial charge in [0.1, 0.15) is 5.75 Å². The highest BCUT2D eigenvalue weighted by molar-refractivity contribution is 6.32. The van der Waals surface area contributed by atoms with Crippen LogP contribution >= 0.6 is 11.6 Å². The molecule has 6 heteroatoms. The Labute approximate surface area is 142 Å². The second-order valence-electron chi connectivity index (χ2n) is 6.31. The van der Waals surface area contributed by atoms with E-state index in [4.69, 9.17) is 26.8 Å². The van der Waals surface area contributed by atoms with Crippen molar-refractivity contribution < 1.29 is 14.3 Å². The van der Waals surface area contributed by atoms with Gasteiger partial charge in [0.05, 0.1) is 17.7 Å². The van der Waals surface area contributed by atoms with Crippen LogP contribution < -0.4 is 15.8 Å². The number of hydrogen-bond donors (Lipinski definition) is 2. The zero-order valence-corrected chi connectivity index (χ0v) is 14.4.